The summed E-state index contributed by atoms with van der Waals surface area (Å²) in [6.45, 7) is 5.79. The molecule has 0 spiro atoms. The Labute approximate surface area is 186 Å². The fourth-order valence-electron chi connectivity index (χ4n) is 3.17. The molecule has 1 fully saturated rings. The first-order chi connectivity index (χ1) is 15.0. The summed E-state index contributed by atoms with van der Waals surface area (Å²) in [7, 11) is 0. The number of benzene rings is 1. The van der Waals surface area contributed by atoms with Crippen LogP contribution in [0.4, 0.5) is 21.0 Å². The average Bonchev–Trinajstić information content (AvgIpc) is 2.77. The number of aromatic nitrogens is 1. The average molecular weight is 447 g/mol. The Morgan fingerprint density at radius 3 is 2.84 bits per heavy atom. The summed E-state index contributed by atoms with van der Waals surface area (Å²) < 4.78 is 11.2. The molecule has 31 heavy (non-hydrogen) atoms. The van der Waals surface area contributed by atoms with Crippen molar-refractivity contribution in [2.24, 2.45) is 0 Å². The molecular formula is C22H27ClN4O4. The third-order valence-electron chi connectivity index (χ3n) is 4.90. The van der Waals surface area contributed by atoms with Gasteiger partial charge in [-0.2, -0.15) is 0 Å². The summed E-state index contributed by atoms with van der Waals surface area (Å²) in [5.74, 6) is 0. The number of rotatable bonds is 6. The second-order valence-corrected chi connectivity index (χ2v) is 7.68. The number of hydrogen-bond donors (Lipinski definition) is 2. The van der Waals surface area contributed by atoms with Crippen molar-refractivity contribution in [3.63, 3.8) is 0 Å². The SMILES string of the molecule is CCCCOC(=O)N1CCOC(c2ccc(NC(=O)Nc3ccc(Cl)nc3)c(C)c2)C1. The van der Waals surface area contributed by atoms with E-state index in [1.165, 1.54) is 6.20 Å². The Morgan fingerprint density at radius 1 is 1.29 bits per heavy atom. The lowest BCUT2D eigenvalue weighted by Crippen LogP contribution is -2.42. The van der Waals surface area contributed by atoms with Gasteiger partial charge in [-0.3, -0.25) is 0 Å². The van der Waals surface area contributed by atoms with E-state index in [-0.39, 0.29) is 18.2 Å². The molecule has 3 amide bonds. The highest BCUT2D eigenvalue weighted by Gasteiger charge is 2.26. The lowest BCUT2D eigenvalue weighted by molar-refractivity contribution is -0.0286. The highest BCUT2D eigenvalue weighted by molar-refractivity contribution is 6.29. The number of aryl methyl sites for hydroxylation is 1. The van der Waals surface area contributed by atoms with Crippen molar-refractivity contribution in [3.05, 3.63) is 52.8 Å². The van der Waals surface area contributed by atoms with Crippen LogP contribution in [0.5, 0.6) is 0 Å². The number of nitrogens with zero attached hydrogens (tertiary/aromatic N) is 2. The number of carbonyl (C=O) groups is 2. The van der Waals surface area contributed by atoms with Crippen molar-refractivity contribution in [3.8, 4) is 0 Å². The van der Waals surface area contributed by atoms with E-state index >= 15 is 0 Å². The number of amides is 3. The van der Waals surface area contributed by atoms with Crippen molar-refractivity contribution in [1.82, 2.24) is 9.88 Å². The molecule has 3 rings (SSSR count). The Bertz CT molecular complexity index is 907. The van der Waals surface area contributed by atoms with E-state index < -0.39 is 0 Å². The summed E-state index contributed by atoms with van der Waals surface area (Å²) in [5.41, 5.74) is 3.04. The van der Waals surface area contributed by atoms with Crippen LogP contribution in [-0.4, -0.2) is 48.3 Å². The third-order valence-corrected chi connectivity index (χ3v) is 5.13. The first kappa shape index (κ1) is 22.8. The molecule has 1 aliphatic rings. The Morgan fingerprint density at radius 2 is 2.13 bits per heavy atom. The molecule has 1 saturated heterocycles. The molecule has 1 aromatic carbocycles. The maximum absolute atomic E-state index is 12.3. The van der Waals surface area contributed by atoms with E-state index in [1.54, 1.807) is 17.0 Å². The van der Waals surface area contributed by atoms with Crippen LogP contribution in [0.15, 0.2) is 36.5 Å². The quantitative estimate of drug-likeness (QED) is 0.481. The van der Waals surface area contributed by atoms with Crippen LogP contribution in [0.3, 0.4) is 0 Å². The fourth-order valence-corrected chi connectivity index (χ4v) is 3.29. The van der Waals surface area contributed by atoms with Gasteiger partial charge in [-0.05, 0) is 42.7 Å². The molecule has 0 aliphatic carbocycles. The number of hydrogen-bond acceptors (Lipinski definition) is 5. The third kappa shape index (κ3) is 6.57. The van der Waals surface area contributed by atoms with Crippen LogP contribution in [0.25, 0.3) is 0 Å². The summed E-state index contributed by atoms with van der Waals surface area (Å²) in [5, 5.41) is 5.89. The van der Waals surface area contributed by atoms with E-state index in [2.05, 4.69) is 22.5 Å². The van der Waals surface area contributed by atoms with Crippen LogP contribution in [0.2, 0.25) is 5.15 Å². The van der Waals surface area contributed by atoms with Crippen molar-refractivity contribution in [2.75, 3.05) is 36.9 Å². The van der Waals surface area contributed by atoms with Crippen molar-refractivity contribution >= 4 is 35.1 Å². The smallest absolute Gasteiger partial charge is 0.409 e. The van der Waals surface area contributed by atoms with Crippen LogP contribution >= 0.6 is 11.6 Å². The van der Waals surface area contributed by atoms with Crippen molar-refractivity contribution in [2.45, 2.75) is 32.8 Å². The second kappa shape index (κ2) is 11.0. The summed E-state index contributed by atoms with van der Waals surface area (Å²) in [6.07, 6.45) is 2.78. The first-order valence-electron chi connectivity index (χ1n) is 10.3. The van der Waals surface area contributed by atoms with E-state index in [0.717, 1.165) is 24.0 Å². The highest BCUT2D eigenvalue weighted by Crippen LogP contribution is 2.26. The number of urea groups is 1. The number of anilines is 2. The van der Waals surface area contributed by atoms with Gasteiger partial charge in [0.2, 0.25) is 0 Å². The minimum absolute atomic E-state index is 0.241. The Kier molecular flexibility index (Phi) is 8.08. The van der Waals surface area contributed by atoms with Crippen molar-refractivity contribution in [1.29, 1.82) is 0 Å². The van der Waals surface area contributed by atoms with Gasteiger partial charge in [-0.1, -0.05) is 37.1 Å². The maximum atomic E-state index is 12.3. The topological polar surface area (TPSA) is 92.8 Å². The summed E-state index contributed by atoms with van der Waals surface area (Å²) >= 11 is 5.75. The van der Waals surface area contributed by atoms with Crippen LogP contribution < -0.4 is 10.6 Å². The van der Waals surface area contributed by atoms with Gasteiger partial charge >= 0.3 is 12.1 Å². The normalized spacial score (nSPS) is 16.0. The van der Waals surface area contributed by atoms with Gasteiger partial charge in [-0.15, -0.1) is 0 Å². The number of morpholine rings is 1. The maximum Gasteiger partial charge on any atom is 0.409 e. The molecule has 0 bridgehead atoms. The molecular weight excluding hydrogens is 420 g/mol. The van der Waals surface area contributed by atoms with Gasteiger partial charge in [0.05, 0.1) is 31.6 Å². The van der Waals surface area contributed by atoms with Gasteiger partial charge in [0.25, 0.3) is 0 Å². The minimum atomic E-state index is -0.380. The fraction of sp³-hybridized carbons (Fsp3) is 0.409. The van der Waals surface area contributed by atoms with E-state index in [1.807, 2.05) is 25.1 Å². The molecule has 1 atom stereocenters. The van der Waals surface area contributed by atoms with Crippen molar-refractivity contribution < 1.29 is 19.1 Å². The summed E-state index contributed by atoms with van der Waals surface area (Å²) in [4.78, 5) is 30.1. The molecule has 0 radical (unpaired) electrons. The molecule has 9 heteroatoms. The number of halogens is 1. The molecule has 0 saturated carbocycles. The largest absolute Gasteiger partial charge is 0.449 e. The van der Waals surface area contributed by atoms with E-state index in [0.29, 0.717) is 42.8 Å². The molecule has 2 heterocycles. The lowest BCUT2D eigenvalue weighted by atomic mass is 10.0. The van der Waals surface area contributed by atoms with Crippen LogP contribution in [-0.2, 0) is 9.47 Å². The lowest BCUT2D eigenvalue weighted by Gasteiger charge is -2.32. The second-order valence-electron chi connectivity index (χ2n) is 7.30. The molecule has 2 N–H and O–H groups in total. The zero-order valence-corrected chi connectivity index (χ0v) is 18.4. The number of unbranched alkanes of at least 4 members (excludes halogenated alkanes) is 1. The standard InChI is InChI=1S/C22H27ClN4O4/c1-3-4-10-31-22(29)27-9-11-30-19(14-27)16-5-7-18(15(2)12-16)26-21(28)25-17-6-8-20(23)24-13-17/h5-8,12-13,19H,3-4,9-11,14H2,1-2H3,(H2,25,26,28). The van der Waals surface area contributed by atoms with Gasteiger partial charge in [0.15, 0.2) is 0 Å². The predicted octanol–water partition coefficient (Wildman–Crippen LogP) is 5.00. The van der Waals surface area contributed by atoms with E-state index in [4.69, 9.17) is 21.1 Å². The molecule has 1 aromatic heterocycles. The highest BCUT2D eigenvalue weighted by atomic mass is 35.5. The predicted molar refractivity (Wildman–Crippen MR) is 120 cm³/mol. The summed E-state index contributed by atoms with van der Waals surface area (Å²) in [6, 6.07) is 8.56. The zero-order chi connectivity index (χ0) is 22.2. The zero-order valence-electron chi connectivity index (χ0n) is 17.7. The van der Waals surface area contributed by atoms with Gasteiger partial charge < -0.3 is 25.0 Å². The molecule has 8 nitrogen and oxygen atoms in total. The molecule has 166 valence electrons. The Balaban J connectivity index is 1.58. The molecule has 1 unspecified atom stereocenters. The Hall–Kier alpha value is -2.84. The number of nitrogens with one attached hydrogen (secondary N) is 2. The number of carbonyl (C=O) groups excluding carboxylic acids is 2. The first-order valence-corrected chi connectivity index (χ1v) is 10.7. The van der Waals surface area contributed by atoms with Crippen LogP contribution in [0.1, 0.15) is 37.0 Å². The number of pyridine rings is 1. The molecule has 2 aromatic rings. The monoisotopic (exact) mass is 446 g/mol. The molecule has 1 aliphatic heterocycles. The van der Waals surface area contributed by atoms with Gasteiger partial charge in [0.1, 0.15) is 11.3 Å². The number of ether oxygens (including phenoxy) is 2. The minimum Gasteiger partial charge on any atom is -0.449 e. The van der Waals surface area contributed by atoms with Crippen LogP contribution in [0, 0.1) is 6.92 Å². The van der Waals surface area contributed by atoms with Gasteiger partial charge in [-0.25, -0.2) is 14.6 Å². The van der Waals surface area contributed by atoms with Gasteiger partial charge in [0, 0.05) is 12.2 Å². The van der Waals surface area contributed by atoms with E-state index in [9.17, 15) is 9.59 Å².